The van der Waals surface area contributed by atoms with E-state index in [1.807, 2.05) is 43.4 Å². The van der Waals surface area contributed by atoms with Crippen LogP contribution in [0, 0.1) is 5.92 Å². The zero-order valence-corrected chi connectivity index (χ0v) is 10.1. The van der Waals surface area contributed by atoms with Gasteiger partial charge in [-0.3, -0.25) is 9.48 Å². The summed E-state index contributed by atoms with van der Waals surface area (Å²) in [5, 5.41) is 13.4. The second-order valence-corrected chi connectivity index (χ2v) is 4.73. The van der Waals surface area contributed by atoms with Gasteiger partial charge in [-0.15, -0.1) is 0 Å². The summed E-state index contributed by atoms with van der Waals surface area (Å²) in [4.78, 5) is 10.9. The Bertz CT molecular complexity index is 589. The maximum absolute atomic E-state index is 10.9. The van der Waals surface area contributed by atoms with Gasteiger partial charge in [0.25, 0.3) is 0 Å². The highest BCUT2D eigenvalue weighted by molar-refractivity contribution is 5.75. The van der Waals surface area contributed by atoms with Crippen LogP contribution in [0.15, 0.2) is 36.4 Å². The molecule has 1 heterocycles. The standard InChI is InChI=1S/C14H14N2O2/c1-16-13(10-7-11(10)14(17)18)8-12(15-16)9-5-3-2-4-6-9/h2-6,8,10-11H,7H2,1H3,(H,17,18). The smallest absolute Gasteiger partial charge is 0.307 e. The van der Waals surface area contributed by atoms with E-state index in [-0.39, 0.29) is 11.8 Å². The van der Waals surface area contributed by atoms with E-state index in [0.717, 1.165) is 23.4 Å². The number of benzene rings is 1. The van der Waals surface area contributed by atoms with Crippen LogP contribution in [0.25, 0.3) is 11.3 Å². The molecule has 0 aliphatic heterocycles. The van der Waals surface area contributed by atoms with E-state index < -0.39 is 5.97 Å². The maximum Gasteiger partial charge on any atom is 0.307 e. The van der Waals surface area contributed by atoms with Crippen LogP contribution in [0.3, 0.4) is 0 Å². The highest BCUT2D eigenvalue weighted by atomic mass is 16.4. The van der Waals surface area contributed by atoms with Gasteiger partial charge in [0.2, 0.25) is 0 Å². The summed E-state index contributed by atoms with van der Waals surface area (Å²) in [6, 6.07) is 11.9. The molecule has 92 valence electrons. The lowest BCUT2D eigenvalue weighted by Crippen LogP contribution is -2.02. The number of aryl methyl sites for hydroxylation is 1. The molecule has 3 rings (SSSR count). The molecular weight excluding hydrogens is 228 g/mol. The van der Waals surface area contributed by atoms with Crippen molar-refractivity contribution in [3.8, 4) is 11.3 Å². The first-order valence-electron chi connectivity index (χ1n) is 5.99. The van der Waals surface area contributed by atoms with Crippen LogP contribution in [0.4, 0.5) is 0 Å². The Morgan fingerprint density at radius 2 is 2.11 bits per heavy atom. The van der Waals surface area contributed by atoms with Crippen molar-refractivity contribution in [3.63, 3.8) is 0 Å². The van der Waals surface area contributed by atoms with Crippen molar-refractivity contribution in [3.05, 3.63) is 42.1 Å². The lowest BCUT2D eigenvalue weighted by atomic mass is 10.1. The van der Waals surface area contributed by atoms with E-state index in [1.54, 1.807) is 4.68 Å². The topological polar surface area (TPSA) is 55.1 Å². The van der Waals surface area contributed by atoms with Crippen LogP contribution in [0.1, 0.15) is 18.0 Å². The Morgan fingerprint density at radius 1 is 1.39 bits per heavy atom. The number of hydrogen-bond donors (Lipinski definition) is 1. The molecule has 0 spiro atoms. The fraction of sp³-hybridized carbons (Fsp3) is 0.286. The largest absolute Gasteiger partial charge is 0.481 e. The third-order valence-electron chi connectivity index (χ3n) is 3.47. The van der Waals surface area contributed by atoms with Crippen molar-refractivity contribution >= 4 is 5.97 Å². The summed E-state index contributed by atoms with van der Waals surface area (Å²) in [6.07, 6.45) is 0.725. The molecule has 1 aliphatic carbocycles. The SMILES string of the molecule is Cn1nc(-c2ccccc2)cc1C1CC1C(=O)O. The fourth-order valence-corrected chi connectivity index (χ4v) is 2.37. The van der Waals surface area contributed by atoms with Gasteiger partial charge in [-0.1, -0.05) is 30.3 Å². The molecule has 0 amide bonds. The van der Waals surface area contributed by atoms with Crippen LogP contribution >= 0.6 is 0 Å². The van der Waals surface area contributed by atoms with Crippen LogP contribution in [0.2, 0.25) is 0 Å². The summed E-state index contributed by atoms with van der Waals surface area (Å²) in [5.74, 6) is -0.816. The fourth-order valence-electron chi connectivity index (χ4n) is 2.37. The molecule has 1 saturated carbocycles. The Morgan fingerprint density at radius 3 is 2.72 bits per heavy atom. The van der Waals surface area contributed by atoms with E-state index >= 15 is 0 Å². The minimum Gasteiger partial charge on any atom is -0.481 e. The summed E-state index contributed by atoms with van der Waals surface area (Å²) in [5.41, 5.74) is 2.98. The first-order chi connectivity index (χ1) is 8.66. The lowest BCUT2D eigenvalue weighted by Gasteiger charge is -1.97. The van der Waals surface area contributed by atoms with Crippen LogP contribution in [0.5, 0.6) is 0 Å². The highest BCUT2D eigenvalue weighted by Gasteiger charge is 2.46. The molecule has 2 unspecified atom stereocenters. The molecule has 1 aromatic heterocycles. The quantitative estimate of drug-likeness (QED) is 0.898. The van der Waals surface area contributed by atoms with Gasteiger partial charge in [0.15, 0.2) is 0 Å². The van der Waals surface area contributed by atoms with Gasteiger partial charge in [0, 0.05) is 24.2 Å². The van der Waals surface area contributed by atoms with Crippen molar-refractivity contribution in [1.82, 2.24) is 9.78 Å². The number of carboxylic acid groups (broad SMARTS) is 1. The molecule has 4 heteroatoms. The number of aliphatic carboxylic acids is 1. The molecule has 1 aliphatic rings. The minimum atomic E-state index is -0.706. The zero-order chi connectivity index (χ0) is 12.7. The van der Waals surface area contributed by atoms with Crippen molar-refractivity contribution < 1.29 is 9.90 Å². The number of carbonyl (C=O) groups is 1. The lowest BCUT2D eigenvalue weighted by molar-refractivity contribution is -0.138. The average molecular weight is 242 g/mol. The van der Waals surface area contributed by atoms with E-state index in [1.165, 1.54) is 0 Å². The van der Waals surface area contributed by atoms with Crippen LogP contribution in [-0.2, 0) is 11.8 Å². The normalized spacial score (nSPS) is 21.8. The molecule has 18 heavy (non-hydrogen) atoms. The Labute approximate surface area is 105 Å². The molecule has 0 radical (unpaired) electrons. The molecule has 2 atom stereocenters. The maximum atomic E-state index is 10.9. The van der Waals surface area contributed by atoms with Gasteiger partial charge >= 0.3 is 5.97 Å². The van der Waals surface area contributed by atoms with Gasteiger partial charge in [-0.25, -0.2) is 0 Å². The molecule has 1 N–H and O–H groups in total. The Kier molecular flexibility index (Phi) is 2.44. The predicted molar refractivity (Wildman–Crippen MR) is 67.1 cm³/mol. The molecule has 0 bridgehead atoms. The van der Waals surface area contributed by atoms with Crippen LogP contribution < -0.4 is 0 Å². The van der Waals surface area contributed by atoms with Crippen molar-refractivity contribution in [2.45, 2.75) is 12.3 Å². The molecule has 1 aromatic carbocycles. The molecule has 1 fully saturated rings. The van der Waals surface area contributed by atoms with Gasteiger partial charge in [0.1, 0.15) is 0 Å². The first-order valence-corrected chi connectivity index (χ1v) is 5.99. The van der Waals surface area contributed by atoms with Crippen molar-refractivity contribution in [2.24, 2.45) is 13.0 Å². The van der Waals surface area contributed by atoms with E-state index in [2.05, 4.69) is 5.10 Å². The Balaban J connectivity index is 1.91. The molecule has 0 saturated heterocycles. The second kappa shape index (κ2) is 3.98. The Hall–Kier alpha value is -2.10. The second-order valence-electron chi connectivity index (χ2n) is 4.73. The van der Waals surface area contributed by atoms with Gasteiger partial charge in [0.05, 0.1) is 11.6 Å². The average Bonchev–Trinajstić information content (AvgIpc) is 3.08. The van der Waals surface area contributed by atoms with E-state index in [9.17, 15) is 4.79 Å². The van der Waals surface area contributed by atoms with Crippen LogP contribution in [-0.4, -0.2) is 20.9 Å². The van der Waals surface area contributed by atoms with E-state index in [4.69, 9.17) is 5.11 Å². The number of nitrogens with zero attached hydrogens (tertiary/aromatic N) is 2. The highest BCUT2D eigenvalue weighted by Crippen LogP contribution is 2.47. The number of carboxylic acids is 1. The van der Waals surface area contributed by atoms with Crippen molar-refractivity contribution in [2.75, 3.05) is 0 Å². The number of rotatable bonds is 3. The number of hydrogen-bond acceptors (Lipinski definition) is 2. The third-order valence-corrected chi connectivity index (χ3v) is 3.47. The predicted octanol–water partition coefficient (Wildman–Crippen LogP) is 2.28. The molecule has 4 nitrogen and oxygen atoms in total. The van der Waals surface area contributed by atoms with Crippen molar-refractivity contribution in [1.29, 1.82) is 0 Å². The number of aromatic nitrogens is 2. The monoisotopic (exact) mass is 242 g/mol. The molecule has 2 aromatic rings. The first kappa shape index (κ1) is 11.0. The van der Waals surface area contributed by atoms with Gasteiger partial charge in [-0.05, 0) is 12.5 Å². The zero-order valence-electron chi connectivity index (χ0n) is 10.1. The minimum absolute atomic E-state index is 0.123. The summed E-state index contributed by atoms with van der Waals surface area (Å²) in [6.45, 7) is 0. The molecular formula is C14H14N2O2. The summed E-state index contributed by atoms with van der Waals surface area (Å²) < 4.78 is 1.80. The van der Waals surface area contributed by atoms with Gasteiger partial charge < -0.3 is 5.11 Å². The van der Waals surface area contributed by atoms with E-state index in [0.29, 0.717) is 0 Å². The summed E-state index contributed by atoms with van der Waals surface area (Å²) >= 11 is 0. The van der Waals surface area contributed by atoms with Gasteiger partial charge in [-0.2, -0.15) is 5.10 Å². The third kappa shape index (κ3) is 1.79. The summed E-state index contributed by atoms with van der Waals surface area (Å²) in [7, 11) is 1.87.